The third kappa shape index (κ3) is 2.57. The van der Waals surface area contributed by atoms with Crippen molar-refractivity contribution in [3.05, 3.63) is 41.1 Å². The highest BCUT2D eigenvalue weighted by atomic mass is 19.4. The van der Waals surface area contributed by atoms with Crippen LogP contribution in [-0.2, 0) is 12.6 Å². The molecule has 0 saturated carbocycles. The number of aromatic nitrogens is 4. The molecule has 0 unspecified atom stereocenters. The Morgan fingerprint density at radius 1 is 1.09 bits per heavy atom. The Balaban J connectivity index is 2.07. The van der Waals surface area contributed by atoms with Gasteiger partial charge in [-0.25, -0.2) is 9.61 Å². The van der Waals surface area contributed by atoms with E-state index < -0.39 is 11.7 Å². The van der Waals surface area contributed by atoms with Crippen molar-refractivity contribution in [2.24, 2.45) is 0 Å². The van der Waals surface area contributed by atoms with E-state index in [2.05, 4.69) is 24.9 Å². The summed E-state index contributed by atoms with van der Waals surface area (Å²) < 4.78 is 48.6. The SMILES string of the molecule is COc1nc2nonc2nc1Cc1ccccc1C(F)(F)F. The van der Waals surface area contributed by atoms with E-state index in [1.165, 1.54) is 25.3 Å². The molecule has 0 fully saturated rings. The standard InChI is InChI=1S/C13H9F3N4O2/c1-21-12-9(17-10-11(18-12)20-22-19-10)6-7-4-2-3-5-8(7)13(14,15)16/h2-5H,6H2,1H3. The average Bonchev–Trinajstić information content (AvgIpc) is 2.93. The van der Waals surface area contributed by atoms with E-state index in [1.54, 1.807) is 0 Å². The molecule has 0 spiro atoms. The molecule has 0 amide bonds. The Morgan fingerprint density at radius 2 is 1.77 bits per heavy atom. The van der Waals surface area contributed by atoms with Gasteiger partial charge in [-0.1, -0.05) is 18.2 Å². The minimum absolute atomic E-state index is 0.0680. The molecule has 114 valence electrons. The fourth-order valence-electron chi connectivity index (χ4n) is 2.07. The van der Waals surface area contributed by atoms with Crippen LogP contribution < -0.4 is 4.74 Å². The van der Waals surface area contributed by atoms with E-state index in [0.29, 0.717) is 0 Å². The highest BCUT2D eigenvalue weighted by Gasteiger charge is 2.33. The van der Waals surface area contributed by atoms with E-state index >= 15 is 0 Å². The molecule has 1 aromatic carbocycles. The molecular formula is C13H9F3N4O2. The van der Waals surface area contributed by atoms with Crippen LogP contribution in [0.2, 0.25) is 0 Å². The first kappa shape index (κ1) is 14.2. The fraction of sp³-hybridized carbons (Fsp3) is 0.231. The van der Waals surface area contributed by atoms with Gasteiger partial charge in [0.25, 0.3) is 0 Å². The van der Waals surface area contributed by atoms with Gasteiger partial charge in [-0.15, -0.1) is 0 Å². The molecule has 0 N–H and O–H groups in total. The fourth-order valence-corrected chi connectivity index (χ4v) is 2.07. The third-order valence-electron chi connectivity index (χ3n) is 3.02. The maximum Gasteiger partial charge on any atom is 0.416 e. The van der Waals surface area contributed by atoms with Gasteiger partial charge in [-0.3, -0.25) is 0 Å². The lowest BCUT2D eigenvalue weighted by molar-refractivity contribution is -0.138. The van der Waals surface area contributed by atoms with Crippen LogP contribution in [0.4, 0.5) is 13.2 Å². The monoisotopic (exact) mass is 310 g/mol. The number of ether oxygens (including phenoxy) is 1. The van der Waals surface area contributed by atoms with Gasteiger partial charge >= 0.3 is 6.18 Å². The van der Waals surface area contributed by atoms with Crippen molar-refractivity contribution in [2.45, 2.75) is 12.6 Å². The highest BCUT2D eigenvalue weighted by molar-refractivity contribution is 5.64. The van der Waals surface area contributed by atoms with Crippen LogP contribution in [-0.4, -0.2) is 27.4 Å². The molecule has 2 aromatic heterocycles. The molecule has 22 heavy (non-hydrogen) atoms. The second-order valence-corrected chi connectivity index (χ2v) is 4.42. The van der Waals surface area contributed by atoms with Crippen molar-refractivity contribution >= 4 is 11.3 Å². The molecule has 0 aliphatic heterocycles. The van der Waals surface area contributed by atoms with E-state index in [9.17, 15) is 13.2 Å². The predicted octanol–water partition coefficient (Wildman–Crippen LogP) is 2.63. The molecule has 0 radical (unpaired) electrons. The Kier molecular flexibility index (Phi) is 3.39. The number of nitrogens with zero attached hydrogens (tertiary/aromatic N) is 4. The van der Waals surface area contributed by atoms with Crippen molar-refractivity contribution in [1.82, 2.24) is 20.3 Å². The summed E-state index contributed by atoms with van der Waals surface area (Å²) in [5.41, 5.74) is -0.192. The molecule has 9 heteroatoms. The van der Waals surface area contributed by atoms with E-state index in [4.69, 9.17) is 4.74 Å². The Hall–Kier alpha value is -2.71. The number of alkyl halides is 3. The highest BCUT2D eigenvalue weighted by Crippen LogP contribution is 2.33. The maximum atomic E-state index is 13.0. The van der Waals surface area contributed by atoms with Crippen LogP contribution >= 0.6 is 0 Å². The zero-order chi connectivity index (χ0) is 15.7. The van der Waals surface area contributed by atoms with Crippen molar-refractivity contribution in [3.63, 3.8) is 0 Å². The Morgan fingerprint density at radius 3 is 2.45 bits per heavy atom. The van der Waals surface area contributed by atoms with Gasteiger partial charge in [0.1, 0.15) is 5.69 Å². The van der Waals surface area contributed by atoms with Crippen LogP contribution in [0.5, 0.6) is 5.88 Å². The summed E-state index contributed by atoms with van der Waals surface area (Å²) in [4.78, 5) is 8.11. The average molecular weight is 310 g/mol. The molecule has 0 saturated heterocycles. The first-order valence-corrected chi connectivity index (χ1v) is 6.17. The number of methoxy groups -OCH3 is 1. The van der Waals surface area contributed by atoms with Crippen LogP contribution in [0, 0.1) is 0 Å². The number of rotatable bonds is 3. The van der Waals surface area contributed by atoms with Gasteiger partial charge in [0.05, 0.1) is 12.7 Å². The summed E-state index contributed by atoms with van der Waals surface area (Å²) in [6.45, 7) is 0. The molecule has 3 aromatic rings. The number of benzene rings is 1. The summed E-state index contributed by atoms with van der Waals surface area (Å²) in [5, 5.41) is 7.04. The summed E-state index contributed by atoms with van der Waals surface area (Å²) in [5.74, 6) is 0.0835. The summed E-state index contributed by atoms with van der Waals surface area (Å²) in [6.07, 6.45) is -4.55. The second-order valence-electron chi connectivity index (χ2n) is 4.42. The molecule has 0 aliphatic carbocycles. The first-order chi connectivity index (χ1) is 10.5. The number of halogens is 3. The van der Waals surface area contributed by atoms with Gasteiger partial charge in [-0.2, -0.15) is 18.2 Å². The summed E-state index contributed by atoms with van der Waals surface area (Å²) >= 11 is 0. The van der Waals surface area contributed by atoms with Crippen LogP contribution in [0.1, 0.15) is 16.8 Å². The molecular weight excluding hydrogens is 301 g/mol. The summed E-state index contributed by atoms with van der Waals surface area (Å²) in [6, 6.07) is 5.27. The minimum Gasteiger partial charge on any atom is -0.480 e. The largest absolute Gasteiger partial charge is 0.480 e. The van der Waals surface area contributed by atoms with Crippen molar-refractivity contribution in [3.8, 4) is 5.88 Å². The minimum atomic E-state index is -4.45. The van der Waals surface area contributed by atoms with Crippen LogP contribution in [0.15, 0.2) is 28.9 Å². The lowest BCUT2D eigenvalue weighted by Gasteiger charge is -2.13. The van der Waals surface area contributed by atoms with Gasteiger partial charge in [0.15, 0.2) is 0 Å². The van der Waals surface area contributed by atoms with Gasteiger partial charge < -0.3 is 4.74 Å². The Labute approximate surface area is 121 Å². The lowest BCUT2D eigenvalue weighted by atomic mass is 10.0. The second kappa shape index (κ2) is 5.24. The normalized spacial score (nSPS) is 11.8. The quantitative estimate of drug-likeness (QED) is 0.740. The first-order valence-electron chi connectivity index (χ1n) is 6.17. The van der Waals surface area contributed by atoms with Crippen molar-refractivity contribution < 1.29 is 22.5 Å². The van der Waals surface area contributed by atoms with Crippen molar-refractivity contribution in [2.75, 3.05) is 7.11 Å². The van der Waals surface area contributed by atoms with Gasteiger partial charge in [0.2, 0.25) is 17.2 Å². The Bertz CT molecular complexity index is 816. The van der Waals surface area contributed by atoms with Gasteiger partial charge in [0, 0.05) is 6.42 Å². The van der Waals surface area contributed by atoms with Crippen LogP contribution in [0.25, 0.3) is 11.3 Å². The number of fused-ring (bicyclic) bond motifs is 1. The summed E-state index contributed by atoms with van der Waals surface area (Å²) in [7, 11) is 1.35. The van der Waals surface area contributed by atoms with E-state index in [-0.39, 0.29) is 34.9 Å². The zero-order valence-corrected chi connectivity index (χ0v) is 11.3. The maximum absolute atomic E-state index is 13.0. The smallest absolute Gasteiger partial charge is 0.416 e. The van der Waals surface area contributed by atoms with E-state index in [1.807, 2.05) is 0 Å². The molecule has 0 atom stereocenters. The lowest BCUT2D eigenvalue weighted by Crippen LogP contribution is -2.10. The van der Waals surface area contributed by atoms with Crippen LogP contribution in [0.3, 0.4) is 0 Å². The molecule has 0 aliphatic rings. The molecule has 3 rings (SSSR count). The topological polar surface area (TPSA) is 73.9 Å². The number of hydrogen-bond donors (Lipinski definition) is 0. The predicted molar refractivity (Wildman–Crippen MR) is 68.2 cm³/mol. The molecule has 0 bridgehead atoms. The van der Waals surface area contributed by atoms with Gasteiger partial charge in [-0.05, 0) is 21.9 Å². The zero-order valence-electron chi connectivity index (χ0n) is 11.3. The van der Waals surface area contributed by atoms with E-state index in [0.717, 1.165) is 6.07 Å². The number of hydrogen-bond acceptors (Lipinski definition) is 6. The molecule has 6 nitrogen and oxygen atoms in total. The molecule has 2 heterocycles. The van der Waals surface area contributed by atoms with Crippen molar-refractivity contribution in [1.29, 1.82) is 0 Å². The third-order valence-corrected chi connectivity index (χ3v) is 3.02.